The fourth-order valence-electron chi connectivity index (χ4n) is 2.56. The Kier molecular flexibility index (Phi) is 4.72. The summed E-state index contributed by atoms with van der Waals surface area (Å²) in [7, 11) is 0. The molecular weight excluding hydrogens is 238 g/mol. The first-order valence-electron chi connectivity index (χ1n) is 7.01. The molecular formula is C16H21NO2. The van der Waals surface area contributed by atoms with Gasteiger partial charge in [0.2, 0.25) is 0 Å². The van der Waals surface area contributed by atoms with Crippen LogP contribution in [0.25, 0.3) is 0 Å². The third kappa shape index (κ3) is 3.91. The van der Waals surface area contributed by atoms with Crippen molar-refractivity contribution in [3.63, 3.8) is 0 Å². The Morgan fingerprint density at radius 3 is 2.63 bits per heavy atom. The Labute approximate surface area is 114 Å². The molecule has 1 aliphatic carbocycles. The lowest BCUT2D eigenvalue weighted by Gasteiger charge is -2.11. The topological polar surface area (TPSA) is 38.7 Å². The summed E-state index contributed by atoms with van der Waals surface area (Å²) >= 11 is 0. The third-order valence-electron chi connectivity index (χ3n) is 3.66. The van der Waals surface area contributed by atoms with Gasteiger partial charge >= 0.3 is 5.97 Å². The number of hydrogen-bond acceptors (Lipinski definition) is 3. The van der Waals surface area contributed by atoms with E-state index in [4.69, 9.17) is 4.84 Å². The van der Waals surface area contributed by atoms with Crippen molar-refractivity contribution in [2.75, 3.05) is 0 Å². The van der Waals surface area contributed by atoms with E-state index in [1.165, 1.54) is 18.1 Å². The maximum Gasteiger partial charge on any atom is 0.331 e. The molecule has 0 N–H and O–H groups in total. The van der Waals surface area contributed by atoms with Crippen molar-refractivity contribution >= 4 is 11.7 Å². The molecule has 1 saturated carbocycles. The van der Waals surface area contributed by atoms with Gasteiger partial charge in [-0.05, 0) is 43.2 Å². The Morgan fingerprint density at radius 1 is 1.32 bits per heavy atom. The van der Waals surface area contributed by atoms with E-state index in [2.05, 4.69) is 36.3 Å². The molecule has 0 saturated heterocycles. The number of carbonyl (C=O) groups is 1. The SMILES string of the molecule is CCc1ccc(CC2CCCC2=NOC(C)=O)cc1. The van der Waals surface area contributed by atoms with Crippen LogP contribution in [-0.4, -0.2) is 11.7 Å². The van der Waals surface area contributed by atoms with E-state index in [1.54, 1.807) is 0 Å². The number of aryl methyl sites for hydroxylation is 1. The standard InChI is InChI=1S/C16H21NO2/c1-3-13-7-9-14(10-8-13)11-15-5-4-6-16(15)17-19-12(2)18/h7-10,15H,3-6,11H2,1-2H3. The van der Waals surface area contributed by atoms with Crippen LogP contribution in [0.2, 0.25) is 0 Å². The zero-order chi connectivity index (χ0) is 13.7. The minimum absolute atomic E-state index is 0.342. The van der Waals surface area contributed by atoms with Gasteiger partial charge < -0.3 is 4.84 Å². The molecule has 19 heavy (non-hydrogen) atoms. The minimum atomic E-state index is -0.342. The van der Waals surface area contributed by atoms with Crippen molar-refractivity contribution in [1.29, 1.82) is 0 Å². The molecule has 1 unspecified atom stereocenters. The lowest BCUT2D eigenvalue weighted by Crippen LogP contribution is -2.11. The van der Waals surface area contributed by atoms with Gasteiger partial charge in [0.15, 0.2) is 0 Å². The monoisotopic (exact) mass is 259 g/mol. The summed E-state index contributed by atoms with van der Waals surface area (Å²) in [4.78, 5) is 15.6. The van der Waals surface area contributed by atoms with Crippen molar-refractivity contribution in [2.24, 2.45) is 11.1 Å². The van der Waals surface area contributed by atoms with Gasteiger partial charge in [0.25, 0.3) is 0 Å². The van der Waals surface area contributed by atoms with Crippen LogP contribution in [-0.2, 0) is 22.5 Å². The first kappa shape index (κ1) is 13.8. The maximum absolute atomic E-state index is 10.8. The van der Waals surface area contributed by atoms with Gasteiger partial charge in [-0.15, -0.1) is 0 Å². The summed E-state index contributed by atoms with van der Waals surface area (Å²) in [5, 5.41) is 4.00. The molecule has 0 spiro atoms. The molecule has 0 aliphatic heterocycles. The van der Waals surface area contributed by atoms with Crippen LogP contribution in [0.5, 0.6) is 0 Å². The molecule has 0 aromatic heterocycles. The molecule has 1 aliphatic rings. The van der Waals surface area contributed by atoms with Crippen molar-refractivity contribution in [1.82, 2.24) is 0 Å². The highest BCUT2D eigenvalue weighted by Gasteiger charge is 2.23. The van der Waals surface area contributed by atoms with Gasteiger partial charge in [-0.25, -0.2) is 4.79 Å². The van der Waals surface area contributed by atoms with Gasteiger partial charge in [-0.1, -0.05) is 36.3 Å². The van der Waals surface area contributed by atoms with Crippen molar-refractivity contribution in [3.8, 4) is 0 Å². The Bertz CT molecular complexity index is 462. The fourth-order valence-corrected chi connectivity index (χ4v) is 2.56. The molecule has 0 bridgehead atoms. The largest absolute Gasteiger partial charge is 0.331 e. The van der Waals surface area contributed by atoms with Gasteiger partial charge in [0.05, 0.1) is 5.71 Å². The second kappa shape index (κ2) is 6.50. The molecule has 0 heterocycles. The zero-order valence-electron chi connectivity index (χ0n) is 11.7. The lowest BCUT2D eigenvalue weighted by atomic mass is 9.96. The third-order valence-corrected chi connectivity index (χ3v) is 3.66. The smallest absolute Gasteiger partial charge is 0.319 e. The number of benzene rings is 1. The molecule has 1 aromatic carbocycles. The number of oxime groups is 1. The van der Waals surface area contributed by atoms with Crippen molar-refractivity contribution < 1.29 is 9.63 Å². The van der Waals surface area contributed by atoms with E-state index in [1.807, 2.05) is 0 Å². The first-order chi connectivity index (χ1) is 9.19. The summed E-state index contributed by atoms with van der Waals surface area (Å²) in [5.41, 5.74) is 3.73. The van der Waals surface area contributed by atoms with Crippen LogP contribution >= 0.6 is 0 Å². The predicted molar refractivity (Wildman–Crippen MR) is 76.1 cm³/mol. The average molecular weight is 259 g/mol. The van der Waals surface area contributed by atoms with Gasteiger partial charge in [0.1, 0.15) is 0 Å². The number of carbonyl (C=O) groups excluding carboxylic acids is 1. The molecule has 1 atom stereocenters. The van der Waals surface area contributed by atoms with Crippen LogP contribution in [0, 0.1) is 5.92 Å². The molecule has 2 rings (SSSR count). The summed E-state index contributed by atoms with van der Waals surface area (Å²) in [6.07, 6.45) is 5.28. The second-order valence-electron chi connectivity index (χ2n) is 5.13. The zero-order valence-corrected chi connectivity index (χ0v) is 11.7. The number of hydrogen-bond donors (Lipinski definition) is 0. The summed E-state index contributed by atoms with van der Waals surface area (Å²) in [6.45, 7) is 3.55. The van der Waals surface area contributed by atoms with E-state index in [9.17, 15) is 4.79 Å². The van der Waals surface area contributed by atoms with E-state index in [0.29, 0.717) is 5.92 Å². The minimum Gasteiger partial charge on any atom is -0.319 e. The molecule has 1 aromatic rings. The normalized spacial score (nSPS) is 20.7. The summed E-state index contributed by atoms with van der Waals surface area (Å²) in [5.74, 6) is 0.0808. The average Bonchev–Trinajstić information content (AvgIpc) is 2.84. The Hall–Kier alpha value is -1.64. The highest BCUT2D eigenvalue weighted by Crippen LogP contribution is 2.26. The molecule has 3 nitrogen and oxygen atoms in total. The van der Waals surface area contributed by atoms with E-state index < -0.39 is 0 Å². The van der Waals surface area contributed by atoms with Crippen LogP contribution < -0.4 is 0 Å². The Balaban J connectivity index is 2.00. The lowest BCUT2D eigenvalue weighted by molar-refractivity contribution is -0.141. The molecule has 0 amide bonds. The highest BCUT2D eigenvalue weighted by atomic mass is 16.7. The first-order valence-corrected chi connectivity index (χ1v) is 7.01. The Morgan fingerprint density at radius 2 is 2.00 bits per heavy atom. The van der Waals surface area contributed by atoms with Crippen LogP contribution in [0.3, 0.4) is 0 Å². The maximum atomic E-state index is 10.8. The summed E-state index contributed by atoms with van der Waals surface area (Å²) in [6, 6.07) is 8.77. The second-order valence-corrected chi connectivity index (χ2v) is 5.13. The number of rotatable bonds is 4. The number of nitrogens with zero attached hydrogens (tertiary/aromatic N) is 1. The van der Waals surface area contributed by atoms with Crippen molar-refractivity contribution in [2.45, 2.75) is 46.0 Å². The highest BCUT2D eigenvalue weighted by molar-refractivity contribution is 5.88. The molecule has 102 valence electrons. The fraction of sp³-hybridized carbons (Fsp3) is 0.500. The van der Waals surface area contributed by atoms with Gasteiger partial charge in [-0.3, -0.25) is 0 Å². The molecule has 1 fully saturated rings. The van der Waals surface area contributed by atoms with E-state index in [-0.39, 0.29) is 5.97 Å². The summed E-state index contributed by atoms with van der Waals surface area (Å²) < 4.78 is 0. The van der Waals surface area contributed by atoms with Gasteiger partial charge in [0, 0.05) is 12.8 Å². The van der Waals surface area contributed by atoms with E-state index >= 15 is 0 Å². The van der Waals surface area contributed by atoms with Crippen LogP contribution in [0.4, 0.5) is 0 Å². The van der Waals surface area contributed by atoms with Crippen LogP contribution in [0.15, 0.2) is 29.4 Å². The van der Waals surface area contributed by atoms with Crippen LogP contribution in [0.1, 0.15) is 44.2 Å². The quantitative estimate of drug-likeness (QED) is 0.613. The predicted octanol–water partition coefficient (Wildman–Crippen LogP) is 3.51. The van der Waals surface area contributed by atoms with Gasteiger partial charge in [-0.2, -0.15) is 0 Å². The molecule has 3 heteroatoms. The van der Waals surface area contributed by atoms with E-state index in [0.717, 1.165) is 37.8 Å². The van der Waals surface area contributed by atoms with Crippen molar-refractivity contribution in [3.05, 3.63) is 35.4 Å². The molecule has 0 radical (unpaired) electrons.